The quantitative estimate of drug-likeness (QED) is 0.511. The van der Waals surface area contributed by atoms with Crippen molar-refractivity contribution < 1.29 is 0 Å². The van der Waals surface area contributed by atoms with E-state index in [0.717, 1.165) is 0 Å². The Bertz CT molecular complexity index is 95.7. The smallest absolute Gasteiger partial charge is 0.107 e. The summed E-state index contributed by atoms with van der Waals surface area (Å²) in [6.45, 7) is 2.43. The molecule has 0 aliphatic carbocycles. The number of halogens is 2. The lowest BCUT2D eigenvalue weighted by molar-refractivity contribution is 0.522. The third-order valence-corrected chi connectivity index (χ3v) is 2.73. The summed E-state index contributed by atoms with van der Waals surface area (Å²) < 4.78 is 0. The Morgan fingerprint density at radius 1 is 1.60 bits per heavy atom. The van der Waals surface area contributed by atoms with Gasteiger partial charge in [-0.1, -0.05) is 6.92 Å². The third-order valence-electron chi connectivity index (χ3n) is 1.48. The molecule has 0 aromatic carbocycles. The predicted molar refractivity (Wildman–Crippen MR) is 46.4 cm³/mol. The first-order valence-corrected chi connectivity index (χ1v) is 4.18. The van der Waals surface area contributed by atoms with Crippen LogP contribution >= 0.6 is 23.2 Å². The Morgan fingerprint density at radius 3 is 2.40 bits per heavy atom. The Hall–Kier alpha value is 0.500. The molecule has 0 aromatic rings. The number of hydrogen-bond donors (Lipinski definition) is 2. The van der Waals surface area contributed by atoms with Crippen molar-refractivity contribution in [1.82, 2.24) is 0 Å². The fourth-order valence-electron chi connectivity index (χ4n) is 0.608. The molecule has 0 heterocycles. The molecule has 0 saturated carbocycles. The molecule has 2 nitrogen and oxygen atoms in total. The van der Waals surface area contributed by atoms with E-state index >= 15 is 0 Å². The molecule has 0 aliphatic rings. The summed E-state index contributed by atoms with van der Waals surface area (Å²) in [5.74, 6) is 0. The molecule has 0 radical (unpaired) electrons. The average molecular weight is 185 g/mol. The van der Waals surface area contributed by atoms with E-state index in [0.29, 0.717) is 19.4 Å². The average Bonchev–Trinajstić information content (AvgIpc) is 1.89. The Kier molecular flexibility index (Phi) is 4.61. The topological polar surface area (TPSA) is 52.0 Å². The number of rotatable bonds is 4. The van der Waals surface area contributed by atoms with Crippen LogP contribution < -0.4 is 11.5 Å². The largest absolute Gasteiger partial charge is 0.330 e. The molecule has 0 spiro atoms. The highest BCUT2D eigenvalue weighted by molar-refractivity contribution is 6.32. The molecule has 0 saturated heterocycles. The van der Waals surface area contributed by atoms with Gasteiger partial charge in [-0.05, 0) is 19.4 Å². The summed E-state index contributed by atoms with van der Waals surface area (Å²) >= 11 is 11.7. The van der Waals surface area contributed by atoms with Crippen LogP contribution in [0.5, 0.6) is 0 Å². The van der Waals surface area contributed by atoms with E-state index in [2.05, 4.69) is 0 Å². The summed E-state index contributed by atoms with van der Waals surface area (Å²) in [5.41, 5.74) is 10.9. The van der Waals surface area contributed by atoms with Crippen LogP contribution in [0.3, 0.4) is 0 Å². The van der Waals surface area contributed by atoms with Gasteiger partial charge in [-0.3, -0.25) is 0 Å². The van der Waals surface area contributed by atoms with Gasteiger partial charge >= 0.3 is 0 Å². The van der Waals surface area contributed by atoms with Gasteiger partial charge in [0.1, 0.15) is 5.00 Å². The summed E-state index contributed by atoms with van der Waals surface area (Å²) in [6.07, 6.45) is 1.32. The van der Waals surface area contributed by atoms with Crippen LogP contribution in [-0.4, -0.2) is 16.9 Å². The third kappa shape index (κ3) is 3.06. The van der Waals surface area contributed by atoms with Gasteiger partial charge in [0, 0.05) is 0 Å². The van der Waals surface area contributed by atoms with Crippen molar-refractivity contribution in [2.75, 3.05) is 6.54 Å². The highest BCUT2D eigenvalue weighted by Crippen LogP contribution is 2.24. The van der Waals surface area contributed by atoms with Gasteiger partial charge in [-0.25, -0.2) is 0 Å². The summed E-state index contributed by atoms with van der Waals surface area (Å²) in [7, 11) is 0. The van der Waals surface area contributed by atoms with Crippen LogP contribution in [0.2, 0.25) is 0 Å². The zero-order chi connectivity index (χ0) is 8.20. The number of hydrogen-bond acceptors (Lipinski definition) is 2. The minimum Gasteiger partial charge on any atom is -0.330 e. The highest BCUT2D eigenvalue weighted by atomic mass is 35.5. The molecule has 2 atom stereocenters. The molecule has 0 aromatic heterocycles. The molecule has 10 heavy (non-hydrogen) atoms. The van der Waals surface area contributed by atoms with Gasteiger partial charge in [-0.15, -0.1) is 23.2 Å². The fourth-order valence-corrected chi connectivity index (χ4v) is 0.997. The molecule has 62 valence electrons. The summed E-state index contributed by atoms with van der Waals surface area (Å²) in [6, 6.07) is 0. The first kappa shape index (κ1) is 10.5. The maximum atomic E-state index is 5.84. The van der Waals surface area contributed by atoms with Gasteiger partial charge in [0.25, 0.3) is 0 Å². The zero-order valence-electron chi connectivity index (χ0n) is 6.11. The standard InChI is InChI=1S/C6H14Cl2N2/c1-2-6(8,10)5(7)3-4-9/h5H,2-4,9-10H2,1H3. The van der Waals surface area contributed by atoms with Crippen molar-refractivity contribution >= 4 is 23.2 Å². The van der Waals surface area contributed by atoms with Crippen molar-refractivity contribution in [2.24, 2.45) is 11.5 Å². The molecule has 2 unspecified atom stereocenters. The SMILES string of the molecule is CCC(N)(Cl)C(Cl)CCN. The van der Waals surface area contributed by atoms with E-state index in [4.69, 9.17) is 34.7 Å². The molecule has 0 bridgehead atoms. The van der Waals surface area contributed by atoms with Crippen LogP contribution in [-0.2, 0) is 0 Å². The second kappa shape index (κ2) is 4.39. The molecular weight excluding hydrogens is 171 g/mol. The van der Waals surface area contributed by atoms with E-state index in [9.17, 15) is 0 Å². The first-order valence-electron chi connectivity index (χ1n) is 3.36. The monoisotopic (exact) mass is 184 g/mol. The molecular formula is C6H14Cl2N2. The second-order valence-corrected chi connectivity index (χ2v) is 3.56. The number of alkyl halides is 2. The molecule has 4 N–H and O–H groups in total. The molecule has 0 aliphatic heterocycles. The van der Waals surface area contributed by atoms with Crippen LogP contribution in [0.4, 0.5) is 0 Å². The minimum atomic E-state index is -0.791. The van der Waals surface area contributed by atoms with Crippen molar-refractivity contribution in [3.05, 3.63) is 0 Å². The van der Waals surface area contributed by atoms with Crippen molar-refractivity contribution in [3.8, 4) is 0 Å². The molecule has 4 heteroatoms. The van der Waals surface area contributed by atoms with E-state index in [1.807, 2.05) is 6.92 Å². The van der Waals surface area contributed by atoms with E-state index in [1.165, 1.54) is 0 Å². The second-order valence-electron chi connectivity index (χ2n) is 2.33. The maximum absolute atomic E-state index is 5.84. The van der Waals surface area contributed by atoms with Gasteiger partial charge in [0.15, 0.2) is 0 Å². The van der Waals surface area contributed by atoms with E-state index in [1.54, 1.807) is 0 Å². The Labute approximate surface area is 71.9 Å². The van der Waals surface area contributed by atoms with E-state index < -0.39 is 5.00 Å². The lowest BCUT2D eigenvalue weighted by atomic mass is 10.1. The Morgan fingerprint density at radius 2 is 2.10 bits per heavy atom. The van der Waals surface area contributed by atoms with E-state index in [-0.39, 0.29) is 5.38 Å². The fraction of sp³-hybridized carbons (Fsp3) is 1.00. The predicted octanol–water partition coefficient (Wildman–Crippen LogP) is 1.25. The number of nitrogens with two attached hydrogens (primary N) is 2. The molecule has 0 fully saturated rings. The highest BCUT2D eigenvalue weighted by Gasteiger charge is 2.28. The lowest BCUT2D eigenvalue weighted by Crippen LogP contribution is -2.42. The maximum Gasteiger partial charge on any atom is 0.107 e. The minimum absolute atomic E-state index is 0.232. The zero-order valence-corrected chi connectivity index (χ0v) is 7.62. The summed E-state index contributed by atoms with van der Waals surface area (Å²) in [4.78, 5) is -0.791. The van der Waals surface area contributed by atoms with Crippen molar-refractivity contribution in [1.29, 1.82) is 0 Å². The first-order chi connectivity index (χ1) is 4.54. The normalized spacial score (nSPS) is 20.1. The van der Waals surface area contributed by atoms with Gasteiger partial charge < -0.3 is 11.5 Å². The van der Waals surface area contributed by atoms with Crippen LogP contribution in [0.1, 0.15) is 19.8 Å². The van der Waals surface area contributed by atoms with Gasteiger partial charge in [0.05, 0.1) is 5.38 Å². The van der Waals surface area contributed by atoms with Crippen LogP contribution in [0.15, 0.2) is 0 Å². The summed E-state index contributed by atoms with van der Waals surface area (Å²) in [5, 5.41) is -0.232. The van der Waals surface area contributed by atoms with Crippen molar-refractivity contribution in [2.45, 2.75) is 30.1 Å². The molecule has 0 amide bonds. The lowest BCUT2D eigenvalue weighted by Gasteiger charge is -2.25. The van der Waals surface area contributed by atoms with Crippen LogP contribution in [0, 0.1) is 0 Å². The van der Waals surface area contributed by atoms with Crippen molar-refractivity contribution in [3.63, 3.8) is 0 Å². The van der Waals surface area contributed by atoms with Gasteiger partial charge in [-0.2, -0.15) is 0 Å². The molecule has 0 rings (SSSR count). The van der Waals surface area contributed by atoms with Crippen LogP contribution in [0.25, 0.3) is 0 Å². The Balaban J connectivity index is 3.78. The van der Waals surface area contributed by atoms with Gasteiger partial charge in [0.2, 0.25) is 0 Å².